The number of aromatic nitrogens is 2. The van der Waals surface area contributed by atoms with Crippen molar-refractivity contribution in [3.05, 3.63) is 11.8 Å². The Morgan fingerprint density at radius 2 is 2.00 bits per heavy atom. The molecule has 1 fully saturated rings. The van der Waals surface area contributed by atoms with Gasteiger partial charge in [-0.3, -0.25) is 4.90 Å². The molecule has 1 atom stereocenters. The number of aryl methyl sites for hydroxylation is 1. The van der Waals surface area contributed by atoms with E-state index < -0.39 is 0 Å². The maximum atomic E-state index is 5.79. The van der Waals surface area contributed by atoms with Crippen LogP contribution in [0.2, 0.25) is 0 Å². The van der Waals surface area contributed by atoms with Crippen molar-refractivity contribution in [2.45, 2.75) is 59.1 Å². The van der Waals surface area contributed by atoms with Gasteiger partial charge in [-0.15, -0.1) is 10.2 Å². The predicted molar refractivity (Wildman–Crippen MR) is 77.4 cm³/mol. The van der Waals surface area contributed by atoms with Gasteiger partial charge in [-0.2, -0.15) is 0 Å². The van der Waals surface area contributed by atoms with E-state index in [1.54, 1.807) is 0 Å². The van der Waals surface area contributed by atoms with E-state index in [9.17, 15) is 0 Å². The van der Waals surface area contributed by atoms with E-state index in [-0.39, 0.29) is 5.60 Å². The van der Waals surface area contributed by atoms with Crippen molar-refractivity contribution in [1.82, 2.24) is 15.1 Å². The fourth-order valence-electron chi connectivity index (χ4n) is 2.87. The Kier molecular flexibility index (Phi) is 5.16. The lowest BCUT2D eigenvalue weighted by molar-refractivity contribution is -0.0771. The minimum absolute atomic E-state index is 0.0161. The first kappa shape index (κ1) is 15.4. The molecule has 0 amide bonds. The highest BCUT2D eigenvalue weighted by atomic mass is 16.5. The zero-order valence-electron chi connectivity index (χ0n) is 13.2. The summed E-state index contributed by atoms with van der Waals surface area (Å²) in [5, 5.41) is 8.14. The van der Waals surface area contributed by atoms with E-state index in [4.69, 9.17) is 9.15 Å². The summed E-state index contributed by atoms with van der Waals surface area (Å²) in [7, 11) is 0. The zero-order chi connectivity index (χ0) is 14.6. The van der Waals surface area contributed by atoms with Crippen LogP contribution in [-0.2, 0) is 17.7 Å². The lowest BCUT2D eigenvalue weighted by atomic mass is 9.88. The molecular weight excluding hydrogens is 254 g/mol. The van der Waals surface area contributed by atoms with E-state index in [0.29, 0.717) is 5.92 Å². The van der Waals surface area contributed by atoms with Crippen molar-refractivity contribution in [2.75, 3.05) is 19.7 Å². The first-order chi connectivity index (χ1) is 9.52. The SMILES string of the molecule is CCc1nnc(CN(CC)C[C@@H]2CCOC(C)(C)C2)o1. The molecule has 2 rings (SSSR count). The van der Waals surface area contributed by atoms with Crippen LogP contribution in [0, 0.1) is 5.92 Å². The summed E-state index contributed by atoms with van der Waals surface area (Å²) in [6.07, 6.45) is 3.06. The Morgan fingerprint density at radius 3 is 2.60 bits per heavy atom. The maximum absolute atomic E-state index is 5.79. The van der Waals surface area contributed by atoms with Gasteiger partial charge in [0.25, 0.3) is 0 Å². The third-order valence-corrected chi connectivity index (χ3v) is 3.93. The number of nitrogens with zero attached hydrogens (tertiary/aromatic N) is 3. The molecule has 5 heteroatoms. The second kappa shape index (κ2) is 6.68. The van der Waals surface area contributed by atoms with Gasteiger partial charge in [-0.1, -0.05) is 13.8 Å². The Bertz CT molecular complexity index is 417. The zero-order valence-corrected chi connectivity index (χ0v) is 13.2. The molecule has 0 bridgehead atoms. The fourth-order valence-corrected chi connectivity index (χ4v) is 2.87. The molecule has 1 aromatic heterocycles. The van der Waals surface area contributed by atoms with Gasteiger partial charge >= 0.3 is 0 Å². The van der Waals surface area contributed by atoms with Crippen LogP contribution < -0.4 is 0 Å². The molecule has 0 unspecified atom stereocenters. The number of ether oxygens (including phenoxy) is 1. The third kappa shape index (κ3) is 4.28. The van der Waals surface area contributed by atoms with Crippen LogP contribution in [-0.4, -0.2) is 40.4 Å². The van der Waals surface area contributed by atoms with Crippen molar-refractivity contribution in [3.8, 4) is 0 Å². The average molecular weight is 281 g/mol. The first-order valence-electron chi connectivity index (χ1n) is 7.70. The minimum atomic E-state index is 0.0161. The average Bonchev–Trinajstić information content (AvgIpc) is 2.84. The lowest BCUT2D eigenvalue weighted by Gasteiger charge is -2.37. The molecular formula is C15H27N3O2. The maximum Gasteiger partial charge on any atom is 0.230 e. The molecule has 1 saturated heterocycles. The predicted octanol–water partition coefficient (Wildman–Crippen LogP) is 2.66. The Morgan fingerprint density at radius 1 is 1.25 bits per heavy atom. The van der Waals surface area contributed by atoms with E-state index in [0.717, 1.165) is 57.3 Å². The van der Waals surface area contributed by atoms with Crippen LogP contribution in [0.1, 0.15) is 52.3 Å². The monoisotopic (exact) mass is 281 g/mol. The second-order valence-electron chi connectivity index (χ2n) is 6.24. The Balaban J connectivity index is 1.88. The van der Waals surface area contributed by atoms with Crippen LogP contribution in [0.4, 0.5) is 0 Å². The molecule has 0 N–H and O–H groups in total. The van der Waals surface area contributed by atoms with E-state index in [2.05, 4.69) is 35.9 Å². The van der Waals surface area contributed by atoms with Gasteiger partial charge in [-0.05, 0) is 39.2 Å². The highest BCUT2D eigenvalue weighted by Gasteiger charge is 2.29. The van der Waals surface area contributed by atoms with Gasteiger partial charge < -0.3 is 9.15 Å². The summed E-state index contributed by atoms with van der Waals surface area (Å²) in [6, 6.07) is 0. The standard InChI is InChI=1S/C15H27N3O2/c1-5-13-16-17-14(20-13)11-18(6-2)10-12-7-8-19-15(3,4)9-12/h12H,5-11H2,1-4H3/t12-/m1/s1. The van der Waals surface area contributed by atoms with Crippen LogP contribution in [0.3, 0.4) is 0 Å². The van der Waals surface area contributed by atoms with Crippen molar-refractivity contribution in [3.63, 3.8) is 0 Å². The molecule has 1 aliphatic heterocycles. The first-order valence-corrected chi connectivity index (χ1v) is 7.70. The molecule has 0 aliphatic carbocycles. The van der Waals surface area contributed by atoms with Gasteiger partial charge in [0.1, 0.15) is 0 Å². The van der Waals surface area contributed by atoms with Gasteiger partial charge in [0.15, 0.2) is 0 Å². The molecule has 1 aliphatic rings. The smallest absolute Gasteiger partial charge is 0.230 e. The van der Waals surface area contributed by atoms with Gasteiger partial charge in [0, 0.05) is 19.6 Å². The van der Waals surface area contributed by atoms with E-state index in [1.165, 1.54) is 0 Å². The number of hydrogen-bond donors (Lipinski definition) is 0. The fraction of sp³-hybridized carbons (Fsp3) is 0.867. The second-order valence-corrected chi connectivity index (χ2v) is 6.24. The quantitative estimate of drug-likeness (QED) is 0.802. The summed E-state index contributed by atoms with van der Waals surface area (Å²) >= 11 is 0. The summed E-state index contributed by atoms with van der Waals surface area (Å²) in [4.78, 5) is 2.39. The Hall–Kier alpha value is -0.940. The van der Waals surface area contributed by atoms with Crippen molar-refractivity contribution in [1.29, 1.82) is 0 Å². The Labute approximate surface area is 121 Å². The topological polar surface area (TPSA) is 51.4 Å². The summed E-state index contributed by atoms with van der Waals surface area (Å²) in [5.41, 5.74) is 0.0161. The minimum Gasteiger partial charge on any atom is -0.424 e. The molecule has 2 heterocycles. The molecule has 0 aromatic carbocycles. The van der Waals surface area contributed by atoms with Crippen LogP contribution >= 0.6 is 0 Å². The molecule has 5 nitrogen and oxygen atoms in total. The van der Waals surface area contributed by atoms with Crippen molar-refractivity contribution >= 4 is 0 Å². The lowest BCUT2D eigenvalue weighted by Crippen LogP contribution is -2.39. The summed E-state index contributed by atoms with van der Waals surface area (Å²) in [6.45, 7) is 12.3. The normalized spacial score (nSPS) is 22.4. The largest absolute Gasteiger partial charge is 0.424 e. The third-order valence-electron chi connectivity index (χ3n) is 3.93. The number of hydrogen-bond acceptors (Lipinski definition) is 5. The van der Waals surface area contributed by atoms with Crippen LogP contribution in [0.25, 0.3) is 0 Å². The van der Waals surface area contributed by atoms with Crippen LogP contribution in [0.5, 0.6) is 0 Å². The molecule has 1 aromatic rings. The van der Waals surface area contributed by atoms with E-state index in [1.807, 2.05) is 6.92 Å². The van der Waals surface area contributed by atoms with Gasteiger partial charge in [0.2, 0.25) is 11.8 Å². The van der Waals surface area contributed by atoms with Crippen molar-refractivity contribution in [2.24, 2.45) is 5.92 Å². The highest BCUT2D eigenvalue weighted by molar-refractivity contribution is 4.84. The van der Waals surface area contributed by atoms with Crippen molar-refractivity contribution < 1.29 is 9.15 Å². The molecule has 114 valence electrons. The summed E-state index contributed by atoms with van der Waals surface area (Å²) < 4.78 is 11.4. The summed E-state index contributed by atoms with van der Waals surface area (Å²) in [5.74, 6) is 2.14. The molecule has 20 heavy (non-hydrogen) atoms. The van der Waals surface area contributed by atoms with Gasteiger partial charge in [0.05, 0.1) is 12.1 Å². The van der Waals surface area contributed by atoms with E-state index >= 15 is 0 Å². The van der Waals surface area contributed by atoms with Crippen LogP contribution in [0.15, 0.2) is 4.42 Å². The molecule has 0 spiro atoms. The molecule has 0 radical (unpaired) electrons. The highest BCUT2D eigenvalue weighted by Crippen LogP contribution is 2.29. The van der Waals surface area contributed by atoms with Gasteiger partial charge in [-0.25, -0.2) is 0 Å². The number of rotatable bonds is 6. The molecule has 0 saturated carbocycles.